The maximum atomic E-state index is 12.2. The molecule has 1 aromatic heterocycles. The number of anilines is 1. The molecule has 1 heterocycles. The smallest absolute Gasteiger partial charge is 0.292 e. The van der Waals surface area contributed by atoms with Gasteiger partial charge in [-0.25, -0.2) is 4.98 Å². The van der Waals surface area contributed by atoms with Gasteiger partial charge in [0.2, 0.25) is 5.95 Å². The first kappa shape index (κ1) is 12.2. The lowest BCUT2D eigenvalue weighted by Crippen LogP contribution is -1.94. The van der Waals surface area contributed by atoms with Crippen LogP contribution in [0.2, 0.25) is 0 Å². The summed E-state index contributed by atoms with van der Waals surface area (Å²) in [4.78, 5) is 12.3. The molecule has 0 aliphatic carbocycles. The van der Waals surface area contributed by atoms with Gasteiger partial charge in [0.15, 0.2) is 5.75 Å². The van der Waals surface area contributed by atoms with E-state index >= 15 is 0 Å². The van der Waals surface area contributed by atoms with Crippen LogP contribution in [-0.2, 0) is 9.53 Å². The largest absolute Gasteiger partial charge is 0.493 e. The number of nitrogens with zero attached hydrogens (tertiary/aromatic N) is 1. The lowest BCUT2D eigenvalue weighted by atomic mass is 10.4. The summed E-state index contributed by atoms with van der Waals surface area (Å²) in [6, 6.07) is 1.11. The Balaban J connectivity index is 0.000000364. The van der Waals surface area contributed by atoms with E-state index in [1.165, 1.54) is 20.4 Å². The van der Waals surface area contributed by atoms with E-state index in [0.717, 1.165) is 6.07 Å². The van der Waals surface area contributed by atoms with Gasteiger partial charge >= 0.3 is 0 Å². The molecule has 0 spiro atoms. The van der Waals surface area contributed by atoms with Crippen molar-refractivity contribution in [1.82, 2.24) is 4.98 Å². The molecule has 1 aromatic rings. The number of carbonyl (C=O) groups is 1. The SMILES string of the molecule is COC=O.COc1cnc(F)cc1N. The first-order valence-corrected chi connectivity index (χ1v) is 3.57. The van der Waals surface area contributed by atoms with Crippen molar-refractivity contribution in [3.63, 3.8) is 0 Å². The molecular weight excluding hydrogens is 191 g/mol. The number of nitrogen functional groups attached to an aromatic ring is 1. The summed E-state index contributed by atoms with van der Waals surface area (Å²) in [5.41, 5.74) is 5.59. The average molecular weight is 202 g/mol. The maximum absolute atomic E-state index is 12.2. The standard InChI is InChI=1S/C6H7FN2O.C2H4O2/c1-10-5-3-9-6(7)2-4(5)8;1-4-2-3/h2-3H,1H3,(H2,8,9);2H,1H3. The molecule has 5 nitrogen and oxygen atoms in total. The number of hydrogen-bond acceptors (Lipinski definition) is 5. The highest BCUT2D eigenvalue weighted by Gasteiger charge is 1.99. The van der Waals surface area contributed by atoms with Gasteiger partial charge in [-0.1, -0.05) is 0 Å². The van der Waals surface area contributed by atoms with Crippen molar-refractivity contribution in [3.05, 3.63) is 18.2 Å². The quantitative estimate of drug-likeness (QED) is 0.561. The van der Waals surface area contributed by atoms with Crippen LogP contribution in [0.25, 0.3) is 0 Å². The van der Waals surface area contributed by atoms with Crippen LogP contribution in [0.4, 0.5) is 10.1 Å². The van der Waals surface area contributed by atoms with Gasteiger partial charge < -0.3 is 15.2 Å². The fourth-order valence-corrected chi connectivity index (χ4v) is 0.602. The number of aromatic nitrogens is 1. The molecule has 0 atom stereocenters. The van der Waals surface area contributed by atoms with Gasteiger partial charge in [0.25, 0.3) is 6.47 Å². The number of ether oxygens (including phenoxy) is 2. The van der Waals surface area contributed by atoms with E-state index in [9.17, 15) is 4.39 Å². The zero-order chi connectivity index (χ0) is 11.0. The van der Waals surface area contributed by atoms with Crippen molar-refractivity contribution in [2.24, 2.45) is 0 Å². The molecule has 0 aromatic carbocycles. The molecule has 2 N–H and O–H groups in total. The van der Waals surface area contributed by atoms with Crippen LogP contribution in [0.5, 0.6) is 5.75 Å². The van der Waals surface area contributed by atoms with Crippen molar-refractivity contribution >= 4 is 12.2 Å². The Morgan fingerprint density at radius 3 is 2.50 bits per heavy atom. The second kappa shape index (κ2) is 6.64. The molecule has 0 fully saturated rings. The summed E-state index contributed by atoms with van der Waals surface area (Å²) < 4.78 is 20.8. The fourth-order valence-electron chi connectivity index (χ4n) is 0.602. The molecule has 0 aliphatic rings. The molecule has 6 heteroatoms. The summed E-state index contributed by atoms with van der Waals surface area (Å²) >= 11 is 0. The molecule has 14 heavy (non-hydrogen) atoms. The second-order valence-corrected chi connectivity index (χ2v) is 2.08. The van der Waals surface area contributed by atoms with Gasteiger partial charge in [0.1, 0.15) is 0 Å². The Labute approximate surface area is 80.6 Å². The number of nitrogens with two attached hydrogens (primary N) is 1. The number of methoxy groups -OCH3 is 2. The van der Waals surface area contributed by atoms with Gasteiger partial charge in [-0.05, 0) is 0 Å². The highest BCUT2D eigenvalue weighted by molar-refractivity contribution is 5.49. The van der Waals surface area contributed by atoms with Crippen LogP contribution in [0, 0.1) is 5.95 Å². The zero-order valence-electron chi connectivity index (χ0n) is 7.86. The molecule has 0 saturated carbocycles. The number of halogens is 1. The lowest BCUT2D eigenvalue weighted by molar-refractivity contribution is -0.126. The summed E-state index contributed by atoms with van der Waals surface area (Å²) in [6.07, 6.45) is 1.24. The minimum Gasteiger partial charge on any atom is -0.493 e. The van der Waals surface area contributed by atoms with Crippen LogP contribution in [0.15, 0.2) is 12.3 Å². The van der Waals surface area contributed by atoms with Gasteiger partial charge in [-0.15, -0.1) is 0 Å². The third kappa shape index (κ3) is 4.24. The lowest BCUT2D eigenvalue weighted by Gasteiger charge is -2.00. The third-order valence-electron chi connectivity index (χ3n) is 1.18. The number of carbonyl (C=O) groups excluding carboxylic acids is 1. The van der Waals surface area contributed by atoms with Crippen molar-refractivity contribution in [3.8, 4) is 5.75 Å². The Bertz CT molecular complexity index is 294. The summed E-state index contributed by atoms with van der Waals surface area (Å²) in [5.74, 6) is -0.209. The van der Waals surface area contributed by atoms with Crippen LogP contribution in [0.1, 0.15) is 0 Å². The number of rotatable bonds is 2. The molecule has 0 bridgehead atoms. The predicted molar refractivity (Wildman–Crippen MR) is 48.2 cm³/mol. The van der Waals surface area contributed by atoms with Gasteiger partial charge in [-0.3, -0.25) is 4.79 Å². The topological polar surface area (TPSA) is 74.4 Å². The van der Waals surface area contributed by atoms with E-state index in [1.54, 1.807) is 0 Å². The normalized spacial score (nSPS) is 8.21. The second-order valence-electron chi connectivity index (χ2n) is 2.08. The van der Waals surface area contributed by atoms with Gasteiger partial charge in [-0.2, -0.15) is 4.39 Å². The average Bonchev–Trinajstić information content (AvgIpc) is 2.18. The molecule has 0 amide bonds. The highest BCUT2D eigenvalue weighted by atomic mass is 19.1. The Morgan fingerprint density at radius 2 is 2.14 bits per heavy atom. The maximum Gasteiger partial charge on any atom is 0.292 e. The zero-order valence-corrected chi connectivity index (χ0v) is 7.86. The molecule has 0 aliphatic heterocycles. The van der Waals surface area contributed by atoms with Crippen molar-refractivity contribution in [1.29, 1.82) is 0 Å². The minimum atomic E-state index is -0.599. The van der Waals surface area contributed by atoms with E-state index in [2.05, 4.69) is 9.72 Å². The first-order valence-electron chi connectivity index (χ1n) is 3.57. The molecule has 0 unspecified atom stereocenters. The fraction of sp³-hybridized carbons (Fsp3) is 0.250. The Hall–Kier alpha value is -1.85. The summed E-state index contributed by atoms with van der Waals surface area (Å²) in [6.45, 7) is 0.375. The third-order valence-corrected chi connectivity index (χ3v) is 1.18. The molecular formula is C8H11FN2O3. The molecule has 0 radical (unpaired) electrons. The van der Waals surface area contributed by atoms with E-state index < -0.39 is 5.95 Å². The van der Waals surface area contributed by atoms with Crippen LogP contribution in [-0.4, -0.2) is 25.7 Å². The summed E-state index contributed by atoms with van der Waals surface area (Å²) in [7, 11) is 2.76. The van der Waals surface area contributed by atoms with Crippen LogP contribution < -0.4 is 10.5 Å². The van der Waals surface area contributed by atoms with Gasteiger partial charge in [0, 0.05) is 6.07 Å². The first-order chi connectivity index (χ1) is 6.65. The predicted octanol–water partition coefficient (Wildman–Crippen LogP) is 0.601. The Morgan fingerprint density at radius 1 is 1.57 bits per heavy atom. The van der Waals surface area contributed by atoms with Crippen LogP contribution >= 0.6 is 0 Å². The molecule has 78 valence electrons. The van der Waals surface area contributed by atoms with Crippen molar-refractivity contribution in [2.45, 2.75) is 0 Å². The monoisotopic (exact) mass is 202 g/mol. The Kier molecular flexibility index (Phi) is 5.77. The van der Waals surface area contributed by atoms with E-state index in [4.69, 9.17) is 15.3 Å². The number of hydrogen-bond donors (Lipinski definition) is 1. The van der Waals surface area contributed by atoms with Crippen LogP contribution in [0.3, 0.4) is 0 Å². The van der Waals surface area contributed by atoms with E-state index in [0.29, 0.717) is 12.2 Å². The van der Waals surface area contributed by atoms with Gasteiger partial charge in [0.05, 0.1) is 26.1 Å². The van der Waals surface area contributed by atoms with E-state index in [1.807, 2.05) is 0 Å². The van der Waals surface area contributed by atoms with E-state index in [-0.39, 0.29) is 5.69 Å². The molecule has 0 saturated heterocycles. The minimum absolute atomic E-state index is 0.259. The molecule has 1 rings (SSSR count). The van der Waals surface area contributed by atoms with Crippen molar-refractivity contribution < 1.29 is 18.7 Å². The highest BCUT2D eigenvalue weighted by Crippen LogP contribution is 2.18. The van der Waals surface area contributed by atoms with Crippen molar-refractivity contribution in [2.75, 3.05) is 20.0 Å². The summed E-state index contributed by atoms with van der Waals surface area (Å²) in [5, 5.41) is 0. The number of pyridine rings is 1.